The van der Waals surface area contributed by atoms with E-state index in [1.165, 1.54) is 11.4 Å². The van der Waals surface area contributed by atoms with Crippen molar-refractivity contribution >= 4 is 11.4 Å². The molecule has 2 aromatic heterocycles. The van der Waals surface area contributed by atoms with Crippen molar-refractivity contribution in [2.24, 2.45) is 0 Å². The summed E-state index contributed by atoms with van der Waals surface area (Å²) in [5, 5.41) is 3.98. The van der Waals surface area contributed by atoms with Gasteiger partial charge in [0.25, 0.3) is 0 Å². The van der Waals surface area contributed by atoms with Gasteiger partial charge in [-0.2, -0.15) is 4.98 Å². The topological polar surface area (TPSA) is 58.5 Å². The van der Waals surface area contributed by atoms with Gasteiger partial charge in [0.15, 0.2) is 5.76 Å². The van der Waals surface area contributed by atoms with Gasteiger partial charge in [-0.05, 0) is 24.3 Å². The lowest BCUT2D eigenvalue weighted by atomic mass is 10.2. The molecule has 4 rings (SSSR count). The molecule has 3 heterocycles. The van der Waals surface area contributed by atoms with E-state index in [1.807, 2.05) is 18.2 Å². The summed E-state index contributed by atoms with van der Waals surface area (Å²) in [6, 6.07) is 12.0. The third-order valence-corrected chi connectivity index (χ3v) is 3.87. The van der Waals surface area contributed by atoms with Gasteiger partial charge < -0.3 is 18.7 Å². The minimum Gasteiger partial charge on any atom is -0.461 e. The van der Waals surface area contributed by atoms with Crippen molar-refractivity contribution in [3.63, 3.8) is 0 Å². The monoisotopic (exact) mass is 296 g/mol. The number of anilines is 2. The minimum atomic E-state index is 0.488. The number of rotatable bonds is 3. The fourth-order valence-corrected chi connectivity index (χ4v) is 2.72. The second kappa shape index (κ2) is 5.22. The summed E-state index contributed by atoms with van der Waals surface area (Å²) in [5.74, 6) is 1.70. The molecular weight excluding hydrogens is 280 g/mol. The van der Waals surface area contributed by atoms with Crippen LogP contribution in [-0.4, -0.2) is 30.3 Å². The summed E-state index contributed by atoms with van der Waals surface area (Å²) < 4.78 is 10.6. The molecule has 0 atom stereocenters. The van der Waals surface area contributed by atoms with Crippen LogP contribution in [-0.2, 0) is 6.54 Å². The smallest absolute Gasteiger partial charge is 0.246 e. The number of aromatic nitrogens is 2. The van der Waals surface area contributed by atoms with Crippen LogP contribution >= 0.6 is 0 Å². The van der Waals surface area contributed by atoms with Crippen molar-refractivity contribution in [2.45, 2.75) is 6.54 Å². The molecule has 0 amide bonds. The molecule has 6 heteroatoms. The van der Waals surface area contributed by atoms with Crippen LogP contribution in [0.25, 0.3) is 11.6 Å². The van der Waals surface area contributed by atoms with Gasteiger partial charge in [-0.25, -0.2) is 0 Å². The van der Waals surface area contributed by atoms with Crippen LogP contribution in [0.4, 0.5) is 11.4 Å². The SMILES string of the molecule is CN1CCN(Cc2nc(-c3ccco3)no2)c2ccccc21. The molecule has 0 unspecified atom stereocenters. The van der Waals surface area contributed by atoms with Gasteiger partial charge in [-0.1, -0.05) is 17.3 Å². The Morgan fingerprint density at radius 1 is 1.09 bits per heavy atom. The minimum absolute atomic E-state index is 0.488. The molecule has 6 nitrogen and oxygen atoms in total. The third kappa shape index (κ3) is 2.22. The molecule has 0 fully saturated rings. The van der Waals surface area contributed by atoms with E-state index in [2.05, 4.69) is 45.2 Å². The van der Waals surface area contributed by atoms with Gasteiger partial charge in [-0.3, -0.25) is 0 Å². The molecule has 0 saturated carbocycles. The molecule has 0 radical (unpaired) electrons. The normalized spacial score (nSPS) is 14.2. The summed E-state index contributed by atoms with van der Waals surface area (Å²) in [6.45, 7) is 2.49. The highest BCUT2D eigenvalue weighted by atomic mass is 16.5. The number of fused-ring (bicyclic) bond motifs is 1. The molecule has 0 spiro atoms. The number of hydrogen-bond acceptors (Lipinski definition) is 6. The van der Waals surface area contributed by atoms with Crippen LogP contribution in [0.5, 0.6) is 0 Å². The Hall–Kier alpha value is -2.76. The first-order chi connectivity index (χ1) is 10.8. The molecule has 22 heavy (non-hydrogen) atoms. The van der Waals surface area contributed by atoms with E-state index in [4.69, 9.17) is 8.94 Å². The second-order valence-corrected chi connectivity index (χ2v) is 5.32. The summed E-state index contributed by atoms with van der Waals surface area (Å²) in [4.78, 5) is 8.93. The Kier molecular flexibility index (Phi) is 3.07. The molecule has 3 aromatic rings. The number of likely N-dealkylation sites (N-methyl/N-ethyl adjacent to an activating group) is 1. The Labute approximate surface area is 127 Å². The standard InChI is InChI=1S/C16H16N4O2/c1-19-8-9-20(13-6-3-2-5-12(13)19)11-15-17-16(18-22-15)14-7-4-10-21-14/h2-7,10H,8-9,11H2,1H3. The van der Waals surface area contributed by atoms with Gasteiger partial charge in [-0.15, -0.1) is 0 Å². The summed E-state index contributed by atoms with van der Waals surface area (Å²) in [6.07, 6.45) is 1.60. The van der Waals surface area contributed by atoms with E-state index in [0.29, 0.717) is 24.0 Å². The van der Waals surface area contributed by atoms with Crippen molar-refractivity contribution in [1.29, 1.82) is 0 Å². The molecular formula is C16H16N4O2. The van der Waals surface area contributed by atoms with Gasteiger partial charge in [0.05, 0.1) is 24.2 Å². The highest BCUT2D eigenvalue weighted by molar-refractivity contribution is 5.72. The van der Waals surface area contributed by atoms with Crippen LogP contribution in [0, 0.1) is 0 Å². The third-order valence-electron chi connectivity index (χ3n) is 3.87. The second-order valence-electron chi connectivity index (χ2n) is 5.32. The van der Waals surface area contributed by atoms with Crippen LogP contribution in [0.2, 0.25) is 0 Å². The van der Waals surface area contributed by atoms with Gasteiger partial charge >= 0.3 is 0 Å². The molecule has 1 aliphatic rings. The predicted molar refractivity (Wildman–Crippen MR) is 82.8 cm³/mol. The fourth-order valence-electron chi connectivity index (χ4n) is 2.72. The van der Waals surface area contributed by atoms with Crippen LogP contribution in [0.3, 0.4) is 0 Å². The Morgan fingerprint density at radius 2 is 1.95 bits per heavy atom. The quantitative estimate of drug-likeness (QED) is 0.740. The average molecular weight is 296 g/mol. The van der Waals surface area contributed by atoms with Crippen LogP contribution < -0.4 is 9.80 Å². The molecule has 0 bridgehead atoms. The van der Waals surface area contributed by atoms with Crippen LogP contribution in [0.15, 0.2) is 51.6 Å². The zero-order valence-electron chi connectivity index (χ0n) is 12.3. The van der Waals surface area contributed by atoms with E-state index in [1.54, 1.807) is 6.26 Å². The van der Waals surface area contributed by atoms with Gasteiger partial charge in [0.2, 0.25) is 11.7 Å². The number of hydrogen-bond donors (Lipinski definition) is 0. The molecule has 1 aliphatic heterocycles. The highest BCUT2D eigenvalue weighted by Gasteiger charge is 2.22. The molecule has 0 aliphatic carbocycles. The maximum atomic E-state index is 5.36. The first-order valence-corrected chi connectivity index (χ1v) is 7.23. The average Bonchev–Trinajstić information content (AvgIpc) is 3.21. The first kappa shape index (κ1) is 12.9. The number of para-hydroxylation sites is 2. The van der Waals surface area contributed by atoms with Crippen molar-refractivity contribution in [1.82, 2.24) is 10.1 Å². The fraction of sp³-hybridized carbons (Fsp3) is 0.250. The first-order valence-electron chi connectivity index (χ1n) is 7.23. The van der Waals surface area contributed by atoms with E-state index in [-0.39, 0.29) is 0 Å². The number of nitrogens with zero attached hydrogens (tertiary/aromatic N) is 4. The van der Waals surface area contributed by atoms with Crippen molar-refractivity contribution in [2.75, 3.05) is 29.9 Å². The zero-order chi connectivity index (χ0) is 14.9. The maximum absolute atomic E-state index is 5.36. The zero-order valence-corrected chi connectivity index (χ0v) is 12.3. The van der Waals surface area contributed by atoms with E-state index >= 15 is 0 Å². The van der Waals surface area contributed by atoms with Gasteiger partial charge in [0.1, 0.15) is 0 Å². The lowest BCUT2D eigenvalue weighted by molar-refractivity contribution is 0.375. The molecule has 112 valence electrons. The lowest BCUT2D eigenvalue weighted by Crippen LogP contribution is -2.38. The largest absolute Gasteiger partial charge is 0.461 e. The highest BCUT2D eigenvalue weighted by Crippen LogP contribution is 2.32. The number of benzene rings is 1. The Balaban J connectivity index is 1.58. The van der Waals surface area contributed by atoms with Crippen molar-refractivity contribution in [3.05, 3.63) is 48.6 Å². The molecule has 0 saturated heterocycles. The van der Waals surface area contributed by atoms with Gasteiger partial charge in [0, 0.05) is 20.1 Å². The predicted octanol–water partition coefficient (Wildman–Crippen LogP) is 2.79. The summed E-state index contributed by atoms with van der Waals surface area (Å²) in [5.41, 5.74) is 2.41. The Morgan fingerprint density at radius 3 is 2.77 bits per heavy atom. The van der Waals surface area contributed by atoms with Crippen LogP contribution in [0.1, 0.15) is 5.89 Å². The van der Waals surface area contributed by atoms with E-state index in [0.717, 1.165) is 13.1 Å². The van der Waals surface area contributed by atoms with Crippen molar-refractivity contribution in [3.8, 4) is 11.6 Å². The lowest BCUT2D eigenvalue weighted by Gasteiger charge is -2.36. The summed E-state index contributed by atoms with van der Waals surface area (Å²) in [7, 11) is 2.11. The molecule has 0 N–H and O–H groups in total. The maximum Gasteiger partial charge on any atom is 0.246 e. The summed E-state index contributed by atoms with van der Waals surface area (Å²) >= 11 is 0. The number of furan rings is 1. The molecule has 1 aromatic carbocycles. The Bertz CT molecular complexity index is 766. The van der Waals surface area contributed by atoms with Crippen molar-refractivity contribution < 1.29 is 8.94 Å². The van der Waals surface area contributed by atoms with E-state index < -0.39 is 0 Å². The van der Waals surface area contributed by atoms with E-state index in [9.17, 15) is 0 Å².